The second-order valence-corrected chi connectivity index (χ2v) is 6.01. The third-order valence-corrected chi connectivity index (χ3v) is 4.14. The molecule has 0 amide bonds. The van der Waals surface area contributed by atoms with E-state index >= 15 is 0 Å². The first-order chi connectivity index (χ1) is 9.90. The van der Waals surface area contributed by atoms with Crippen LogP contribution in [0, 0.1) is 5.92 Å². The van der Waals surface area contributed by atoms with Gasteiger partial charge in [0.05, 0.1) is 6.26 Å². The van der Waals surface area contributed by atoms with Gasteiger partial charge in [0, 0.05) is 25.6 Å². The van der Waals surface area contributed by atoms with E-state index < -0.39 is 0 Å². The summed E-state index contributed by atoms with van der Waals surface area (Å²) in [7, 11) is 0. The Morgan fingerprint density at radius 3 is 2.80 bits per heavy atom. The Morgan fingerprint density at radius 2 is 2.10 bits per heavy atom. The Hall–Kier alpha value is -1.45. The Morgan fingerprint density at radius 1 is 1.25 bits per heavy atom. The van der Waals surface area contributed by atoms with Gasteiger partial charge in [-0.15, -0.1) is 0 Å². The lowest BCUT2D eigenvalue weighted by Gasteiger charge is -2.17. The summed E-state index contributed by atoms with van der Waals surface area (Å²) >= 11 is 0. The molecular formula is C16H25N3O. The molecule has 20 heavy (non-hydrogen) atoms. The molecular weight excluding hydrogens is 250 g/mol. The molecule has 2 aliphatic rings. The normalized spacial score (nSPS) is 20.3. The smallest absolute Gasteiger partial charge is 0.191 e. The summed E-state index contributed by atoms with van der Waals surface area (Å²) in [6.45, 7) is 1.85. The number of furan rings is 1. The van der Waals surface area contributed by atoms with Crippen LogP contribution in [0.2, 0.25) is 0 Å². The molecule has 3 rings (SSSR count). The van der Waals surface area contributed by atoms with Crippen LogP contribution in [0.3, 0.4) is 0 Å². The number of rotatable bonds is 6. The highest BCUT2D eigenvalue weighted by Gasteiger charge is 2.21. The molecule has 0 spiro atoms. The predicted molar refractivity (Wildman–Crippen MR) is 80.8 cm³/mol. The zero-order valence-electron chi connectivity index (χ0n) is 12.1. The molecule has 1 heterocycles. The molecule has 0 aromatic carbocycles. The third-order valence-electron chi connectivity index (χ3n) is 4.14. The molecule has 110 valence electrons. The second-order valence-electron chi connectivity index (χ2n) is 6.01. The Balaban J connectivity index is 1.46. The zero-order chi connectivity index (χ0) is 13.6. The van der Waals surface area contributed by atoms with Crippen LogP contribution in [0.5, 0.6) is 0 Å². The number of aliphatic imine (C=N–C) groups is 1. The minimum Gasteiger partial charge on any atom is -0.469 e. The van der Waals surface area contributed by atoms with Crippen molar-refractivity contribution in [2.24, 2.45) is 10.9 Å². The maximum absolute atomic E-state index is 5.36. The van der Waals surface area contributed by atoms with Crippen molar-refractivity contribution in [3.63, 3.8) is 0 Å². The molecule has 2 aliphatic carbocycles. The van der Waals surface area contributed by atoms with Crippen LogP contribution < -0.4 is 10.6 Å². The number of nitrogens with one attached hydrogen (secondary N) is 2. The van der Waals surface area contributed by atoms with Crippen LogP contribution in [0.4, 0.5) is 0 Å². The van der Waals surface area contributed by atoms with E-state index in [-0.39, 0.29) is 0 Å². The predicted octanol–water partition coefficient (Wildman–Crippen LogP) is 2.71. The first-order valence-corrected chi connectivity index (χ1v) is 7.97. The van der Waals surface area contributed by atoms with Gasteiger partial charge in [-0.05, 0) is 43.7 Å². The van der Waals surface area contributed by atoms with Gasteiger partial charge in [0.1, 0.15) is 5.76 Å². The highest BCUT2D eigenvalue weighted by molar-refractivity contribution is 5.80. The van der Waals surface area contributed by atoms with Gasteiger partial charge in [-0.25, -0.2) is 0 Å². The average Bonchev–Trinajstić information content (AvgIpc) is 2.92. The molecule has 1 aromatic rings. The van der Waals surface area contributed by atoms with Crippen LogP contribution in [0.25, 0.3) is 0 Å². The molecule has 2 N–H and O–H groups in total. The molecule has 1 aromatic heterocycles. The van der Waals surface area contributed by atoms with Gasteiger partial charge in [-0.2, -0.15) is 0 Å². The lowest BCUT2D eigenvalue weighted by atomic mass is 10.2. The molecule has 0 saturated heterocycles. The lowest BCUT2D eigenvalue weighted by Crippen LogP contribution is -2.43. The highest BCUT2D eigenvalue weighted by atomic mass is 16.3. The fourth-order valence-electron chi connectivity index (χ4n) is 2.70. The zero-order valence-corrected chi connectivity index (χ0v) is 12.1. The standard InChI is InChI=1S/C16H25N3O/c1-2-5-14(4-1)19-16(18-12-13-7-8-13)17-10-9-15-6-3-11-20-15/h3,6,11,13-14H,1-2,4-5,7-10,12H2,(H2,17,18,19). The Bertz CT molecular complexity index is 417. The van der Waals surface area contributed by atoms with Crippen molar-refractivity contribution >= 4 is 5.96 Å². The minimum atomic E-state index is 0.615. The first-order valence-electron chi connectivity index (χ1n) is 7.97. The molecule has 0 atom stereocenters. The van der Waals surface area contributed by atoms with Crippen LogP contribution in [-0.4, -0.2) is 25.1 Å². The molecule has 4 heteroatoms. The number of guanidine groups is 1. The van der Waals surface area contributed by atoms with Crippen LogP contribution in [-0.2, 0) is 6.42 Å². The molecule has 0 aliphatic heterocycles. The Labute approximate surface area is 121 Å². The number of nitrogens with zero attached hydrogens (tertiary/aromatic N) is 1. The van der Waals surface area contributed by atoms with Crippen molar-refractivity contribution in [1.29, 1.82) is 0 Å². The summed E-state index contributed by atoms with van der Waals surface area (Å²) in [6, 6.07) is 4.57. The third kappa shape index (κ3) is 4.29. The van der Waals surface area contributed by atoms with Crippen molar-refractivity contribution in [2.45, 2.75) is 51.0 Å². The lowest BCUT2D eigenvalue weighted by molar-refractivity contribution is 0.506. The topological polar surface area (TPSA) is 49.6 Å². The molecule has 4 nitrogen and oxygen atoms in total. The second kappa shape index (κ2) is 6.82. The quantitative estimate of drug-likeness (QED) is 0.620. The van der Waals surface area contributed by atoms with Crippen LogP contribution in [0.15, 0.2) is 27.8 Å². The van der Waals surface area contributed by atoms with E-state index in [0.29, 0.717) is 6.04 Å². The van der Waals surface area contributed by atoms with Crippen molar-refractivity contribution < 1.29 is 4.42 Å². The summed E-state index contributed by atoms with van der Waals surface area (Å²) in [6.07, 6.45) is 10.6. The number of hydrogen-bond donors (Lipinski definition) is 2. The van der Waals surface area contributed by atoms with Crippen LogP contribution in [0.1, 0.15) is 44.3 Å². The van der Waals surface area contributed by atoms with E-state index in [2.05, 4.69) is 10.6 Å². The van der Waals surface area contributed by atoms with Gasteiger partial charge in [0.15, 0.2) is 5.96 Å². The van der Waals surface area contributed by atoms with Gasteiger partial charge in [0.2, 0.25) is 0 Å². The molecule has 2 saturated carbocycles. The van der Waals surface area contributed by atoms with Gasteiger partial charge >= 0.3 is 0 Å². The van der Waals surface area contributed by atoms with Crippen molar-refractivity contribution in [3.8, 4) is 0 Å². The van der Waals surface area contributed by atoms with Gasteiger partial charge < -0.3 is 15.1 Å². The fraction of sp³-hybridized carbons (Fsp3) is 0.688. The average molecular weight is 275 g/mol. The van der Waals surface area contributed by atoms with E-state index in [0.717, 1.165) is 37.1 Å². The van der Waals surface area contributed by atoms with Crippen molar-refractivity contribution in [2.75, 3.05) is 13.1 Å². The fourth-order valence-corrected chi connectivity index (χ4v) is 2.70. The summed E-state index contributed by atoms with van der Waals surface area (Å²) < 4.78 is 5.36. The first kappa shape index (κ1) is 13.5. The maximum Gasteiger partial charge on any atom is 0.191 e. The molecule has 0 bridgehead atoms. The van der Waals surface area contributed by atoms with Gasteiger partial charge in [-0.1, -0.05) is 12.8 Å². The monoisotopic (exact) mass is 275 g/mol. The number of hydrogen-bond acceptors (Lipinski definition) is 2. The van der Waals surface area contributed by atoms with Gasteiger partial charge in [0.25, 0.3) is 0 Å². The van der Waals surface area contributed by atoms with Gasteiger partial charge in [-0.3, -0.25) is 4.99 Å². The minimum absolute atomic E-state index is 0.615. The van der Waals surface area contributed by atoms with E-state index in [4.69, 9.17) is 9.41 Å². The highest BCUT2D eigenvalue weighted by Crippen LogP contribution is 2.28. The Kier molecular flexibility index (Phi) is 4.61. The SMILES string of the molecule is c1coc(CCNC(=NCC2CC2)NC2CCCC2)c1. The molecule has 2 fully saturated rings. The summed E-state index contributed by atoms with van der Waals surface area (Å²) in [4.78, 5) is 4.73. The van der Waals surface area contributed by atoms with Crippen molar-refractivity contribution in [1.82, 2.24) is 10.6 Å². The summed E-state index contributed by atoms with van der Waals surface area (Å²) in [5.74, 6) is 2.86. The largest absolute Gasteiger partial charge is 0.469 e. The van der Waals surface area contributed by atoms with E-state index in [1.54, 1.807) is 6.26 Å². The molecule has 0 radical (unpaired) electrons. The van der Waals surface area contributed by atoms with Crippen molar-refractivity contribution in [3.05, 3.63) is 24.2 Å². The maximum atomic E-state index is 5.36. The summed E-state index contributed by atoms with van der Waals surface area (Å²) in [5.41, 5.74) is 0. The van der Waals surface area contributed by atoms with Crippen LogP contribution >= 0.6 is 0 Å². The molecule has 0 unspecified atom stereocenters. The summed E-state index contributed by atoms with van der Waals surface area (Å²) in [5, 5.41) is 7.03. The van der Waals surface area contributed by atoms with E-state index in [9.17, 15) is 0 Å². The van der Waals surface area contributed by atoms with E-state index in [1.165, 1.54) is 38.5 Å². The van der Waals surface area contributed by atoms with E-state index in [1.807, 2.05) is 12.1 Å².